The van der Waals surface area contributed by atoms with Gasteiger partial charge in [-0.15, -0.1) is 0 Å². The average molecular weight is 308 g/mol. The maximum atomic E-state index is 2.60. The molecule has 1 heterocycles. The van der Waals surface area contributed by atoms with Crippen LogP contribution in [0.4, 0.5) is 5.69 Å². The van der Waals surface area contributed by atoms with E-state index in [0.29, 0.717) is 0 Å². The molecule has 3 rings (SSSR count). The lowest BCUT2D eigenvalue weighted by Gasteiger charge is -2.32. The van der Waals surface area contributed by atoms with Crippen molar-refractivity contribution in [1.82, 2.24) is 4.90 Å². The van der Waals surface area contributed by atoms with E-state index >= 15 is 0 Å². The zero-order valence-corrected chi connectivity index (χ0v) is 14.4. The molecule has 0 spiro atoms. The zero-order chi connectivity index (χ0) is 16.1. The Hall–Kier alpha value is -1.80. The van der Waals surface area contributed by atoms with E-state index in [9.17, 15) is 0 Å². The minimum atomic E-state index is 0.840. The third-order valence-electron chi connectivity index (χ3n) is 4.93. The molecule has 0 unspecified atom stereocenters. The molecule has 0 atom stereocenters. The zero-order valence-electron chi connectivity index (χ0n) is 14.4. The molecule has 0 bridgehead atoms. The van der Waals surface area contributed by atoms with E-state index in [0.717, 1.165) is 12.5 Å². The van der Waals surface area contributed by atoms with E-state index < -0.39 is 0 Å². The van der Waals surface area contributed by atoms with Crippen molar-refractivity contribution < 1.29 is 0 Å². The Morgan fingerprint density at radius 1 is 0.870 bits per heavy atom. The third kappa shape index (κ3) is 4.59. The highest BCUT2D eigenvalue weighted by Gasteiger charge is 2.19. The first kappa shape index (κ1) is 16.1. The average Bonchev–Trinajstić information content (AvgIpc) is 2.58. The lowest BCUT2D eigenvalue weighted by atomic mass is 9.90. The number of benzene rings is 2. The molecule has 1 aliphatic heterocycles. The van der Waals surface area contributed by atoms with Gasteiger partial charge in [0.05, 0.1) is 0 Å². The first-order chi connectivity index (χ1) is 11.2. The summed E-state index contributed by atoms with van der Waals surface area (Å²) < 4.78 is 0. The van der Waals surface area contributed by atoms with Gasteiger partial charge in [0.15, 0.2) is 0 Å². The Labute approximate surface area is 140 Å². The van der Waals surface area contributed by atoms with E-state index in [4.69, 9.17) is 0 Å². The van der Waals surface area contributed by atoms with Gasteiger partial charge in [0, 0.05) is 26.3 Å². The van der Waals surface area contributed by atoms with Gasteiger partial charge < -0.3 is 4.90 Å². The highest BCUT2D eigenvalue weighted by atomic mass is 15.1. The molecule has 0 N–H and O–H groups in total. The number of hydrogen-bond donors (Lipinski definition) is 0. The molecule has 0 aliphatic carbocycles. The number of likely N-dealkylation sites (tertiary alicyclic amines) is 1. The maximum Gasteiger partial charge on any atom is 0.0361 e. The number of nitrogens with zero attached hydrogens (tertiary/aromatic N) is 2. The van der Waals surface area contributed by atoms with E-state index in [1.807, 2.05) is 0 Å². The van der Waals surface area contributed by atoms with Crippen LogP contribution in [-0.4, -0.2) is 32.1 Å². The second-order valence-corrected chi connectivity index (χ2v) is 6.97. The summed E-state index contributed by atoms with van der Waals surface area (Å²) in [5.74, 6) is 0.840. The SMILES string of the molecule is CN(C)c1ccc(CC2CCN(Cc3ccccc3)CC2)cc1. The van der Waals surface area contributed by atoms with Gasteiger partial charge >= 0.3 is 0 Å². The van der Waals surface area contributed by atoms with Crippen LogP contribution >= 0.6 is 0 Å². The van der Waals surface area contributed by atoms with Crippen molar-refractivity contribution in [3.63, 3.8) is 0 Å². The predicted molar refractivity (Wildman–Crippen MR) is 98.9 cm³/mol. The van der Waals surface area contributed by atoms with Crippen molar-refractivity contribution in [1.29, 1.82) is 0 Å². The van der Waals surface area contributed by atoms with Crippen LogP contribution in [0.5, 0.6) is 0 Å². The quantitative estimate of drug-likeness (QED) is 0.816. The molecule has 0 amide bonds. The standard InChI is InChI=1S/C21H28N2/c1-22(2)21-10-8-18(9-11-21)16-19-12-14-23(15-13-19)17-20-6-4-3-5-7-20/h3-11,19H,12-17H2,1-2H3. The van der Waals surface area contributed by atoms with Crippen LogP contribution < -0.4 is 4.90 Å². The van der Waals surface area contributed by atoms with Crippen LogP contribution in [0.3, 0.4) is 0 Å². The molecule has 2 heteroatoms. The van der Waals surface area contributed by atoms with Crippen LogP contribution in [-0.2, 0) is 13.0 Å². The van der Waals surface area contributed by atoms with Crippen LogP contribution in [0.15, 0.2) is 54.6 Å². The monoisotopic (exact) mass is 308 g/mol. The summed E-state index contributed by atoms with van der Waals surface area (Å²) in [5.41, 5.74) is 4.20. The van der Waals surface area contributed by atoms with E-state index in [2.05, 4.69) is 78.5 Å². The van der Waals surface area contributed by atoms with Gasteiger partial charge in [0.25, 0.3) is 0 Å². The fraction of sp³-hybridized carbons (Fsp3) is 0.429. The van der Waals surface area contributed by atoms with Crippen molar-refractivity contribution in [2.45, 2.75) is 25.8 Å². The summed E-state index contributed by atoms with van der Waals surface area (Å²) in [5, 5.41) is 0. The predicted octanol–water partition coefficient (Wildman–Crippen LogP) is 4.21. The molecular weight excluding hydrogens is 280 g/mol. The number of anilines is 1. The molecule has 23 heavy (non-hydrogen) atoms. The Morgan fingerprint density at radius 3 is 2.13 bits per heavy atom. The molecule has 1 fully saturated rings. The smallest absolute Gasteiger partial charge is 0.0361 e. The molecule has 1 saturated heterocycles. The van der Waals surface area contributed by atoms with E-state index in [1.165, 1.54) is 49.2 Å². The Kier molecular flexibility index (Phi) is 5.35. The van der Waals surface area contributed by atoms with Crippen molar-refractivity contribution >= 4 is 5.69 Å². The van der Waals surface area contributed by atoms with Crippen LogP contribution in [0.2, 0.25) is 0 Å². The van der Waals surface area contributed by atoms with Crippen LogP contribution in [0.1, 0.15) is 24.0 Å². The number of piperidine rings is 1. The van der Waals surface area contributed by atoms with Gasteiger partial charge in [0.2, 0.25) is 0 Å². The minimum absolute atomic E-state index is 0.840. The normalized spacial score (nSPS) is 16.4. The summed E-state index contributed by atoms with van der Waals surface area (Å²) >= 11 is 0. The molecule has 0 saturated carbocycles. The van der Waals surface area contributed by atoms with Gasteiger partial charge in [-0.05, 0) is 61.5 Å². The molecule has 122 valence electrons. The summed E-state index contributed by atoms with van der Waals surface area (Å²) in [6.07, 6.45) is 3.87. The third-order valence-corrected chi connectivity index (χ3v) is 4.93. The highest BCUT2D eigenvalue weighted by Crippen LogP contribution is 2.24. The maximum absolute atomic E-state index is 2.60. The molecule has 1 aliphatic rings. The molecule has 2 nitrogen and oxygen atoms in total. The number of hydrogen-bond acceptors (Lipinski definition) is 2. The van der Waals surface area contributed by atoms with Crippen LogP contribution in [0, 0.1) is 5.92 Å². The van der Waals surface area contributed by atoms with Gasteiger partial charge in [-0.25, -0.2) is 0 Å². The second kappa shape index (κ2) is 7.65. The van der Waals surface area contributed by atoms with Crippen LogP contribution in [0.25, 0.3) is 0 Å². The van der Waals surface area contributed by atoms with Crippen molar-refractivity contribution in [3.05, 3.63) is 65.7 Å². The lowest BCUT2D eigenvalue weighted by Crippen LogP contribution is -2.33. The van der Waals surface area contributed by atoms with Gasteiger partial charge in [-0.1, -0.05) is 42.5 Å². The molecular formula is C21H28N2. The largest absolute Gasteiger partial charge is 0.378 e. The fourth-order valence-corrected chi connectivity index (χ4v) is 3.45. The van der Waals surface area contributed by atoms with E-state index in [1.54, 1.807) is 0 Å². The molecule has 0 aromatic heterocycles. The lowest BCUT2D eigenvalue weighted by molar-refractivity contribution is 0.177. The summed E-state index contributed by atoms with van der Waals surface area (Å²) in [7, 11) is 4.19. The minimum Gasteiger partial charge on any atom is -0.378 e. The highest BCUT2D eigenvalue weighted by molar-refractivity contribution is 5.46. The Bertz CT molecular complexity index is 581. The Morgan fingerprint density at radius 2 is 1.52 bits per heavy atom. The Balaban J connectivity index is 1.47. The first-order valence-electron chi connectivity index (χ1n) is 8.73. The van der Waals surface area contributed by atoms with Gasteiger partial charge in [0.1, 0.15) is 0 Å². The molecule has 2 aromatic carbocycles. The summed E-state index contributed by atoms with van der Waals surface area (Å²) in [6, 6.07) is 19.9. The fourth-order valence-electron chi connectivity index (χ4n) is 3.45. The van der Waals surface area contributed by atoms with Crippen molar-refractivity contribution in [2.75, 3.05) is 32.1 Å². The first-order valence-corrected chi connectivity index (χ1v) is 8.73. The van der Waals surface area contributed by atoms with Crippen molar-refractivity contribution in [2.24, 2.45) is 5.92 Å². The van der Waals surface area contributed by atoms with Gasteiger partial charge in [-0.2, -0.15) is 0 Å². The molecule has 0 radical (unpaired) electrons. The topological polar surface area (TPSA) is 6.48 Å². The van der Waals surface area contributed by atoms with Gasteiger partial charge in [-0.3, -0.25) is 4.90 Å². The van der Waals surface area contributed by atoms with E-state index in [-0.39, 0.29) is 0 Å². The summed E-state index contributed by atoms with van der Waals surface area (Å²) in [4.78, 5) is 4.76. The number of rotatable bonds is 5. The summed E-state index contributed by atoms with van der Waals surface area (Å²) in [6.45, 7) is 3.57. The second-order valence-electron chi connectivity index (χ2n) is 6.97. The molecule has 2 aromatic rings. The van der Waals surface area contributed by atoms with Crippen molar-refractivity contribution in [3.8, 4) is 0 Å².